The molecule has 2 amide bonds. The molecule has 0 aliphatic carbocycles. The van der Waals surface area contributed by atoms with Crippen LogP contribution in [0.2, 0.25) is 0 Å². The van der Waals surface area contributed by atoms with Crippen molar-refractivity contribution in [1.29, 1.82) is 0 Å². The van der Waals surface area contributed by atoms with E-state index in [4.69, 9.17) is 0 Å². The molecule has 0 saturated carbocycles. The highest BCUT2D eigenvalue weighted by Crippen LogP contribution is 2.33. The van der Waals surface area contributed by atoms with Crippen molar-refractivity contribution in [2.45, 2.75) is 32.9 Å². The molecular formula is C22H26ClN3O2. The minimum absolute atomic E-state index is 0. The second-order valence-electron chi connectivity index (χ2n) is 6.58. The van der Waals surface area contributed by atoms with Crippen LogP contribution in [0.4, 0.5) is 5.69 Å². The summed E-state index contributed by atoms with van der Waals surface area (Å²) in [7, 11) is 0. The van der Waals surface area contributed by atoms with Crippen molar-refractivity contribution in [3.63, 3.8) is 0 Å². The third-order valence-corrected chi connectivity index (χ3v) is 4.70. The van der Waals surface area contributed by atoms with Gasteiger partial charge in [-0.3, -0.25) is 9.59 Å². The molecule has 1 aliphatic heterocycles. The highest BCUT2D eigenvalue weighted by Gasteiger charge is 2.28. The molecule has 1 heterocycles. The van der Waals surface area contributed by atoms with Gasteiger partial charge in [0.05, 0.1) is 12.5 Å². The van der Waals surface area contributed by atoms with Crippen molar-refractivity contribution in [3.8, 4) is 0 Å². The van der Waals surface area contributed by atoms with E-state index in [1.807, 2.05) is 61.5 Å². The Morgan fingerprint density at radius 2 is 1.79 bits per heavy atom. The van der Waals surface area contributed by atoms with Crippen LogP contribution in [0.15, 0.2) is 54.7 Å². The molecule has 5 nitrogen and oxygen atoms in total. The number of hydrogen-bond donors (Lipinski definition) is 2. The van der Waals surface area contributed by atoms with Crippen molar-refractivity contribution >= 4 is 36.0 Å². The van der Waals surface area contributed by atoms with Crippen LogP contribution in [0.5, 0.6) is 0 Å². The average molecular weight is 400 g/mol. The zero-order valence-electron chi connectivity index (χ0n) is 16.1. The van der Waals surface area contributed by atoms with E-state index >= 15 is 0 Å². The van der Waals surface area contributed by atoms with Crippen molar-refractivity contribution in [1.82, 2.24) is 10.2 Å². The number of fused-ring (bicyclic) bond motifs is 1. The number of carbonyl (C=O) groups is 2. The molecule has 28 heavy (non-hydrogen) atoms. The molecule has 148 valence electrons. The highest BCUT2D eigenvalue weighted by molar-refractivity contribution is 5.92. The summed E-state index contributed by atoms with van der Waals surface area (Å²) in [5.41, 5.74) is 3.88. The normalized spacial score (nSPS) is 14.8. The molecule has 1 unspecified atom stereocenters. The maximum Gasteiger partial charge on any atom is 0.226 e. The van der Waals surface area contributed by atoms with E-state index in [0.29, 0.717) is 6.54 Å². The lowest BCUT2D eigenvalue weighted by atomic mass is 9.93. The Morgan fingerprint density at radius 3 is 2.54 bits per heavy atom. The van der Waals surface area contributed by atoms with E-state index in [1.54, 1.807) is 11.1 Å². The smallest absolute Gasteiger partial charge is 0.226 e. The first-order valence-corrected chi connectivity index (χ1v) is 9.24. The fraction of sp³-hybridized carbons (Fsp3) is 0.273. The van der Waals surface area contributed by atoms with Gasteiger partial charge in [0.2, 0.25) is 11.8 Å². The lowest BCUT2D eigenvalue weighted by Gasteiger charge is -2.32. The second kappa shape index (κ2) is 10.1. The van der Waals surface area contributed by atoms with Crippen molar-refractivity contribution < 1.29 is 9.59 Å². The van der Waals surface area contributed by atoms with Crippen molar-refractivity contribution in [2.24, 2.45) is 0 Å². The number of nitrogens with zero attached hydrogens (tertiary/aromatic N) is 1. The van der Waals surface area contributed by atoms with E-state index in [1.165, 1.54) is 6.92 Å². The van der Waals surface area contributed by atoms with Crippen LogP contribution in [0.3, 0.4) is 0 Å². The molecule has 0 bridgehead atoms. The van der Waals surface area contributed by atoms with E-state index in [-0.39, 0.29) is 36.7 Å². The van der Waals surface area contributed by atoms with Crippen LogP contribution >= 0.6 is 12.4 Å². The number of amides is 2. The SMILES string of the molecule is CCNCc1ccccc1NC(=O)CC1c2ccccc2C=CN1C(C)=O.Cl. The molecule has 1 atom stereocenters. The molecule has 1 aliphatic rings. The number of halogens is 1. The van der Waals surface area contributed by atoms with Gasteiger partial charge in [0.15, 0.2) is 0 Å². The largest absolute Gasteiger partial charge is 0.326 e. The number of nitrogens with one attached hydrogen (secondary N) is 2. The fourth-order valence-electron chi connectivity index (χ4n) is 3.35. The van der Waals surface area contributed by atoms with Gasteiger partial charge in [0.25, 0.3) is 0 Å². The van der Waals surface area contributed by atoms with E-state index in [2.05, 4.69) is 10.6 Å². The molecule has 2 N–H and O–H groups in total. The summed E-state index contributed by atoms with van der Waals surface area (Å²) in [5.74, 6) is -0.189. The van der Waals surface area contributed by atoms with Crippen LogP contribution in [-0.2, 0) is 16.1 Å². The topological polar surface area (TPSA) is 61.4 Å². The highest BCUT2D eigenvalue weighted by atomic mass is 35.5. The molecule has 6 heteroatoms. The molecule has 0 radical (unpaired) electrons. The number of hydrogen-bond acceptors (Lipinski definition) is 3. The summed E-state index contributed by atoms with van der Waals surface area (Å²) in [6.45, 7) is 5.13. The Morgan fingerprint density at radius 1 is 1.07 bits per heavy atom. The van der Waals surface area contributed by atoms with Gasteiger partial charge in [-0.25, -0.2) is 0 Å². The molecule has 0 fully saturated rings. The number of rotatable bonds is 6. The Hall–Kier alpha value is -2.63. The van der Waals surface area contributed by atoms with E-state index in [9.17, 15) is 9.59 Å². The quantitative estimate of drug-likeness (QED) is 0.768. The van der Waals surface area contributed by atoms with Crippen LogP contribution in [0.25, 0.3) is 6.08 Å². The van der Waals surface area contributed by atoms with Crippen LogP contribution in [0, 0.1) is 0 Å². The monoisotopic (exact) mass is 399 g/mol. The third-order valence-electron chi connectivity index (χ3n) is 4.70. The Bertz CT molecular complexity index is 866. The lowest BCUT2D eigenvalue weighted by Crippen LogP contribution is -2.33. The van der Waals surface area contributed by atoms with Crippen LogP contribution in [-0.4, -0.2) is 23.3 Å². The maximum atomic E-state index is 12.8. The van der Waals surface area contributed by atoms with Gasteiger partial charge in [0.1, 0.15) is 0 Å². The fourth-order valence-corrected chi connectivity index (χ4v) is 3.35. The summed E-state index contributed by atoms with van der Waals surface area (Å²) in [4.78, 5) is 26.5. The first-order valence-electron chi connectivity index (χ1n) is 9.24. The summed E-state index contributed by atoms with van der Waals surface area (Å²) in [6, 6.07) is 15.3. The van der Waals surface area contributed by atoms with E-state index < -0.39 is 0 Å². The number of carbonyl (C=O) groups excluding carboxylic acids is 2. The van der Waals surface area contributed by atoms with Gasteiger partial charge in [-0.2, -0.15) is 0 Å². The molecule has 2 aromatic carbocycles. The summed E-state index contributed by atoms with van der Waals surface area (Å²) < 4.78 is 0. The molecule has 3 rings (SSSR count). The Kier molecular flexibility index (Phi) is 7.79. The molecule has 2 aromatic rings. The van der Waals surface area contributed by atoms with Gasteiger partial charge >= 0.3 is 0 Å². The number of para-hydroxylation sites is 1. The molecule has 0 aromatic heterocycles. The van der Waals surface area contributed by atoms with E-state index in [0.717, 1.165) is 28.9 Å². The summed E-state index contributed by atoms with van der Waals surface area (Å²) >= 11 is 0. The van der Waals surface area contributed by atoms with Crippen LogP contribution in [0.1, 0.15) is 43.0 Å². The predicted octanol–water partition coefficient (Wildman–Crippen LogP) is 4.12. The first-order chi connectivity index (χ1) is 13.1. The zero-order chi connectivity index (χ0) is 19.2. The van der Waals surface area contributed by atoms with Crippen molar-refractivity contribution in [3.05, 3.63) is 71.4 Å². The van der Waals surface area contributed by atoms with Gasteiger partial charge in [-0.1, -0.05) is 49.4 Å². The number of anilines is 1. The maximum absolute atomic E-state index is 12.8. The molecule has 0 saturated heterocycles. The standard InChI is InChI=1S/C22H25N3O2.ClH/c1-3-23-15-18-9-5-7-11-20(18)24-22(27)14-21-19-10-6-4-8-17(19)12-13-25(21)16(2)26;/h4-13,21,23H,3,14-15H2,1-2H3,(H,24,27);1H. The lowest BCUT2D eigenvalue weighted by molar-refractivity contribution is -0.129. The molecule has 0 spiro atoms. The third kappa shape index (κ3) is 5.00. The zero-order valence-corrected chi connectivity index (χ0v) is 17.0. The van der Waals surface area contributed by atoms with Gasteiger partial charge < -0.3 is 15.5 Å². The van der Waals surface area contributed by atoms with Gasteiger partial charge in [-0.05, 0) is 35.4 Å². The number of benzene rings is 2. The van der Waals surface area contributed by atoms with Gasteiger partial charge in [-0.15, -0.1) is 12.4 Å². The van der Waals surface area contributed by atoms with Gasteiger partial charge in [0, 0.05) is 25.4 Å². The summed E-state index contributed by atoms with van der Waals surface area (Å²) in [6.07, 6.45) is 3.88. The minimum atomic E-state index is -0.301. The van der Waals surface area contributed by atoms with Crippen molar-refractivity contribution in [2.75, 3.05) is 11.9 Å². The first kappa shape index (κ1) is 21.7. The minimum Gasteiger partial charge on any atom is -0.326 e. The predicted molar refractivity (Wildman–Crippen MR) is 115 cm³/mol. The van der Waals surface area contributed by atoms with Crippen LogP contribution < -0.4 is 10.6 Å². The molecular weight excluding hydrogens is 374 g/mol. The summed E-state index contributed by atoms with van der Waals surface area (Å²) in [5, 5.41) is 6.30. The Balaban J connectivity index is 0.00000280. The second-order valence-corrected chi connectivity index (χ2v) is 6.58. The Labute approximate surface area is 172 Å². The average Bonchev–Trinajstić information content (AvgIpc) is 2.67.